The molecule has 2 rings (SSSR count). The molecule has 118 valence electrons. The summed E-state index contributed by atoms with van der Waals surface area (Å²) < 4.78 is 0. The maximum Gasteiger partial charge on any atom is 0.231 e. The molecule has 1 atom stereocenters. The molecule has 1 fully saturated rings. The number of carbonyl (C=O) groups excluding carboxylic acids is 1. The Hall–Kier alpha value is -1.06. The number of piperidine rings is 1. The van der Waals surface area contributed by atoms with Crippen molar-refractivity contribution in [2.75, 3.05) is 25.0 Å². The summed E-state index contributed by atoms with van der Waals surface area (Å²) in [6.45, 7) is 4.07. The fourth-order valence-corrected chi connectivity index (χ4v) is 2.73. The molecular weight excluding hydrogens is 284 g/mol. The Kier molecular flexibility index (Phi) is 7.76. The lowest BCUT2D eigenvalue weighted by Crippen LogP contribution is -2.41. The molecule has 1 aliphatic heterocycles. The van der Waals surface area contributed by atoms with Crippen LogP contribution in [0.3, 0.4) is 0 Å². The lowest BCUT2D eigenvalue weighted by Gasteiger charge is -2.27. The van der Waals surface area contributed by atoms with Crippen LogP contribution in [0.25, 0.3) is 0 Å². The number of nitrogens with one attached hydrogen (secondary N) is 1. The number of nitrogens with zero attached hydrogens (tertiary/aromatic N) is 1. The second kappa shape index (κ2) is 9.06. The SMILES string of the molecule is CCCCc1ccc(N(C)C(=O)C2CCCNC2)cc1.Cl. The number of rotatable bonds is 5. The van der Waals surface area contributed by atoms with Crippen molar-refractivity contribution < 1.29 is 4.79 Å². The van der Waals surface area contributed by atoms with Gasteiger partial charge in [0.1, 0.15) is 0 Å². The summed E-state index contributed by atoms with van der Waals surface area (Å²) in [4.78, 5) is 14.2. The highest BCUT2D eigenvalue weighted by Crippen LogP contribution is 2.20. The van der Waals surface area contributed by atoms with Crippen molar-refractivity contribution in [2.45, 2.75) is 39.0 Å². The Balaban J connectivity index is 0.00000220. The Morgan fingerprint density at radius 1 is 1.33 bits per heavy atom. The van der Waals surface area contributed by atoms with Crippen molar-refractivity contribution in [1.29, 1.82) is 0 Å². The quantitative estimate of drug-likeness (QED) is 0.904. The monoisotopic (exact) mass is 310 g/mol. The molecule has 1 heterocycles. The second-order valence-electron chi connectivity index (χ2n) is 5.71. The number of amides is 1. The van der Waals surface area contributed by atoms with Crippen molar-refractivity contribution in [3.63, 3.8) is 0 Å². The van der Waals surface area contributed by atoms with E-state index in [1.807, 2.05) is 7.05 Å². The standard InChI is InChI=1S/C17H26N2O.ClH/c1-3-4-6-14-8-10-16(11-9-14)19(2)17(20)15-7-5-12-18-13-15;/h8-11,15,18H,3-7,12-13H2,1-2H3;1H. The first-order valence-corrected chi connectivity index (χ1v) is 7.79. The smallest absolute Gasteiger partial charge is 0.231 e. The van der Waals surface area contributed by atoms with Crippen LogP contribution in [0.1, 0.15) is 38.2 Å². The van der Waals surface area contributed by atoms with Gasteiger partial charge < -0.3 is 10.2 Å². The van der Waals surface area contributed by atoms with Gasteiger partial charge in [-0.2, -0.15) is 0 Å². The molecule has 1 aliphatic rings. The van der Waals surface area contributed by atoms with E-state index in [9.17, 15) is 4.79 Å². The van der Waals surface area contributed by atoms with Crippen LogP contribution in [0.4, 0.5) is 5.69 Å². The third-order valence-corrected chi connectivity index (χ3v) is 4.12. The molecule has 1 aromatic rings. The van der Waals surface area contributed by atoms with Crippen LogP contribution in [0.2, 0.25) is 0 Å². The Bertz CT molecular complexity index is 427. The lowest BCUT2D eigenvalue weighted by atomic mass is 9.98. The summed E-state index contributed by atoms with van der Waals surface area (Å²) in [5, 5.41) is 3.31. The van der Waals surface area contributed by atoms with Crippen LogP contribution in [-0.2, 0) is 11.2 Å². The Labute approximate surface area is 134 Å². The number of carbonyl (C=O) groups is 1. The van der Waals surface area contributed by atoms with Crippen LogP contribution >= 0.6 is 12.4 Å². The van der Waals surface area contributed by atoms with E-state index in [-0.39, 0.29) is 24.2 Å². The Morgan fingerprint density at radius 2 is 2.05 bits per heavy atom. The van der Waals surface area contributed by atoms with Gasteiger partial charge in [-0.25, -0.2) is 0 Å². The lowest BCUT2D eigenvalue weighted by molar-refractivity contribution is -0.122. The number of aryl methyl sites for hydroxylation is 1. The summed E-state index contributed by atoms with van der Waals surface area (Å²) in [5.74, 6) is 0.368. The molecule has 0 aliphatic carbocycles. The first-order chi connectivity index (χ1) is 9.72. The first kappa shape index (κ1) is 18.0. The van der Waals surface area contributed by atoms with Gasteiger partial charge in [0.25, 0.3) is 0 Å². The highest BCUT2D eigenvalue weighted by Gasteiger charge is 2.24. The van der Waals surface area contributed by atoms with E-state index >= 15 is 0 Å². The van der Waals surface area contributed by atoms with E-state index in [2.05, 4.69) is 36.5 Å². The molecule has 0 radical (unpaired) electrons. The number of benzene rings is 1. The van der Waals surface area contributed by atoms with E-state index in [0.717, 1.165) is 38.0 Å². The van der Waals surface area contributed by atoms with Crippen LogP contribution in [0.15, 0.2) is 24.3 Å². The number of anilines is 1. The molecule has 1 unspecified atom stereocenters. The van der Waals surface area contributed by atoms with Crippen molar-refractivity contribution in [1.82, 2.24) is 5.32 Å². The van der Waals surface area contributed by atoms with E-state index in [4.69, 9.17) is 0 Å². The van der Waals surface area contributed by atoms with Gasteiger partial charge in [0.2, 0.25) is 5.91 Å². The summed E-state index contributed by atoms with van der Waals surface area (Å²) in [5.41, 5.74) is 2.36. The molecule has 1 amide bonds. The topological polar surface area (TPSA) is 32.3 Å². The minimum absolute atomic E-state index is 0. The average molecular weight is 311 g/mol. The second-order valence-corrected chi connectivity index (χ2v) is 5.71. The normalized spacial score (nSPS) is 17.9. The summed E-state index contributed by atoms with van der Waals surface area (Å²) in [7, 11) is 1.89. The van der Waals surface area contributed by atoms with Crippen molar-refractivity contribution in [3.05, 3.63) is 29.8 Å². The first-order valence-electron chi connectivity index (χ1n) is 7.79. The van der Waals surface area contributed by atoms with Gasteiger partial charge >= 0.3 is 0 Å². The van der Waals surface area contributed by atoms with E-state index in [1.54, 1.807) is 4.90 Å². The maximum absolute atomic E-state index is 12.4. The van der Waals surface area contributed by atoms with Crippen LogP contribution < -0.4 is 10.2 Å². The van der Waals surface area contributed by atoms with Crippen LogP contribution in [0, 0.1) is 5.92 Å². The number of halogens is 1. The van der Waals surface area contributed by atoms with Gasteiger partial charge in [-0.1, -0.05) is 25.5 Å². The van der Waals surface area contributed by atoms with Crippen molar-refractivity contribution >= 4 is 24.0 Å². The summed E-state index contributed by atoms with van der Waals surface area (Å²) in [6, 6.07) is 8.43. The molecule has 21 heavy (non-hydrogen) atoms. The zero-order chi connectivity index (χ0) is 14.4. The molecule has 4 heteroatoms. The molecule has 0 spiro atoms. The van der Waals surface area contributed by atoms with Crippen molar-refractivity contribution in [2.24, 2.45) is 5.92 Å². The largest absolute Gasteiger partial charge is 0.316 e. The highest BCUT2D eigenvalue weighted by atomic mass is 35.5. The fourth-order valence-electron chi connectivity index (χ4n) is 2.73. The van der Waals surface area contributed by atoms with Crippen molar-refractivity contribution in [3.8, 4) is 0 Å². The number of hydrogen-bond acceptors (Lipinski definition) is 2. The number of hydrogen-bond donors (Lipinski definition) is 1. The van der Waals surface area contributed by atoms with Gasteiger partial charge in [-0.05, 0) is 49.9 Å². The number of unbranched alkanes of at least 4 members (excludes halogenated alkanes) is 1. The van der Waals surface area contributed by atoms with Crippen LogP contribution in [0.5, 0.6) is 0 Å². The van der Waals surface area contributed by atoms with Gasteiger partial charge in [0, 0.05) is 19.3 Å². The summed E-state index contributed by atoms with van der Waals surface area (Å²) >= 11 is 0. The van der Waals surface area contributed by atoms with Gasteiger partial charge in [-0.3, -0.25) is 4.79 Å². The van der Waals surface area contributed by atoms with E-state index in [0.29, 0.717) is 0 Å². The predicted molar refractivity (Wildman–Crippen MR) is 91.3 cm³/mol. The molecule has 0 bridgehead atoms. The molecule has 0 saturated carbocycles. The van der Waals surface area contributed by atoms with Crippen LogP contribution in [-0.4, -0.2) is 26.0 Å². The molecule has 1 aromatic carbocycles. The van der Waals surface area contributed by atoms with Gasteiger partial charge in [0.15, 0.2) is 0 Å². The van der Waals surface area contributed by atoms with Gasteiger partial charge in [-0.15, -0.1) is 12.4 Å². The highest BCUT2D eigenvalue weighted by molar-refractivity contribution is 5.94. The molecule has 1 N–H and O–H groups in total. The maximum atomic E-state index is 12.4. The van der Waals surface area contributed by atoms with E-state index < -0.39 is 0 Å². The average Bonchev–Trinajstić information content (AvgIpc) is 2.53. The molecule has 0 aromatic heterocycles. The van der Waals surface area contributed by atoms with E-state index in [1.165, 1.54) is 18.4 Å². The predicted octanol–water partition coefficient (Wildman–Crippen LogP) is 3.41. The third kappa shape index (κ3) is 5.01. The Morgan fingerprint density at radius 3 is 2.62 bits per heavy atom. The summed E-state index contributed by atoms with van der Waals surface area (Å²) in [6.07, 6.45) is 5.67. The third-order valence-electron chi connectivity index (χ3n) is 4.12. The van der Waals surface area contributed by atoms with Gasteiger partial charge in [0.05, 0.1) is 5.92 Å². The zero-order valence-corrected chi connectivity index (χ0v) is 13.9. The molecule has 3 nitrogen and oxygen atoms in total. The molecular formula is C17H27ClN2O. The fraction of sp³-hybridized carbons (Fsp3) is 0.588. The zero-order valence-electron chi connectivity index (χ0n) is 13.1. The molecule has 1 saturated heterocycles. The minimum Gasteiger partial charge on any atom is -0.316 e. The minimum atomic E-state index is 0.